The molecule has 3 rings (SSSR count). The number of aromatic nitrogens is 1. The van der Waals surface area contributed by atoms with Gasteiger partial charge in [0.15, 0.2) is 5.13 Å². The molecule has 1 atom stereocenters. The monoisotopic (exact) mass is 415 g/mol. The van der Waals surface area contributed by atoms with E-state index in [0.717, 1.165) is 23.7 Å². The number of nitro benzene ring substituents is 1. The van der Waals surface area contributed by atoms with Crippen LogP contribution in [0.25, 0.3) is 11.3 Å². The summed E-state index contributed by atoms with van der Waals surface area (Å²) in [5.74, 6) is -0.106. The minimum absolute atomic E-state index is 0.0657. The van der Waals surface area contributed by atoms with Crippen molar-refractivity contribution in [3.63, 3.8) is 0 Å². The number of carbonyl (C=O) groups is 1. The summed E-state index contributed by atoms with van der Waals surface area (Å²) in [6.07, 6.45) is 1.07. The van der Waals surface area contributed by atoms with E-state index in [1.165, 1.54) is 29.0 Å². The Balaban J connectivity index is 1.78. The van der Waals surface area contributed by atoms with Gasteiger partial charge in [0.05, 0.1) is 10.6 Å². The molecule has 3 aromatic rings. The maximum Gasteiger partial charge on any atom is 0.283 e. The molecule has 1 amide bonds. The quantitative estimate of drug-likeness (QED) is 0.387. The Bertz CT molecular complexity index is 1020. The highest BCUT2D eigenvalue weighted by molar-refractivity contribution is 7.14. The van der Waals surface area contributed by atoms with E-state index in [9.17, 15) is 14.9 Å². The van der Waals surface area contributed by atoms with Crippen molar-refractivity contribution >= 4 is 39.7 Å². The first-order valence-electron chi connectivity index (χ1n) is 8.70. The third kappa shape index (κ3) is 4.37. The molecule has 1 aromatic heterocycles. The van der Waals surface area contributed by atoms with Crippen LogP contribution in [0.15, 0.2) is 47.8 Å². The number of rotatable bonds is 6. The van der Waals surface area contributed by atoms with Crippen LogP contribution in [0.4, 0.5) is 10.8 Å². The van der Waals surface area contributed by atoms with Crippen LogP contribution in [-0.4, -0.2) is 15.8 Å². The third-order valence-corrected chi connectivity index (χ3v) is 5.51. The van der Waals surface area contributed by atoms with Crippen molar-refractivity contribution < 1.29 is 9.72 Å². The number of carbonyl (C=O) groups excluding carboxylic acids is 1. The lowest BCUT2D eigenvalue weighted by Gasteiger charge is -2.08. The molecule has 0 aliphatic heterocycles. The first-order valence-corrected chi connectivity index (χ1v) is 9.96. The number of hydrogen-bond donors (Lipinski definition) is 1. The summed E-state index contributed by atoms with van der Waals surface area (Å²) >= 11 is 7.05. The number of nitro groups is 1. The van der Waals surface area contributed by atoms with Gasteiger partial charge < -0.3 is 0 Å². The number of amides is 1. The maximum atomic E-state index is 12.5. The van der Waals surface area contributed by atoms with Gasteiger partial charge in [0.1, 0.15) is 5.56 Å². The maximum absolute atomic E-state index is 12.5. The fourth-order valence-electron chi connectivity index (χ4n) is 2.69. The van der Waals surface area contributed by atoms with Gasteiger partial charge in [-0.3, -0.25) is 20.2 Å². The van der Waals surface area contributed by atoms with Gasteiger partial charge in [0.25, 0.3) is 11.6 Å². The van der Waals surface area contributed by atoms with Gasteiger partial charge in [-0.25, -0.2) is 4.98 Å². The summed E-state index contributed by atoms with van der Waals surface area (Å²) in [5, 5.41) is 16.2. The molecule has 2 aromatic carbocycles. The van der Waals surface area contributed by atoms with Crippen LogP contribution in [0.1, 0.15) is 42.1 Å². The number of anilines is 1. The van der Waals surface area contributed by atoms with E-state index in [-0.39, 0.29) is 16.3 Å². The van der Waals surface area contributed by atoms with E-state index in [2.05, 4.69) is 36.3 Å². The lowest BCUT2D eigenvalue weighted by atomic mass is 9.97. The number of benzene rings is 2. The normalized spacial score (nSPS) is 11.8. The molecule has 0 spiro atoms. The van der Waals surface area contributed by atoms with Crippen molar-refractivity contribution in [3.05, 3.63) is 74.1 Å². The van der Waals surface area contributed by atoms with E-state index in [1.54, 1.807) is 0 Å². The zero-order valence-corrected chi connectivity index (χ0v) is 16.9. The predicted molar refractivity (Wildman–Crippen MR) is 112 cm³/mol. The first-order chi connectivity index (χ1) is 13.4. The molecule has 0 bridgehead atoms. The average Bonchev–Trinajstić information content (AvgIpc) is 3.15. The second kappa shape index (κ2) is 8.50. The molecular formula is C20H18ClN3O3S. The fourth-order valence-corrected chi connectivity index (χ4v) is 3.58. The number of halogens is 1. The first kappa shape index (κ1) is 20.0. The van der Waals surface area contributed by atoms with Crippen LogP contribution < -0.4 is 5.32 Å². The molecular weight excluding hydrogens is 398 g/mol. The lowest BCUT2D eigenvalue weighted by Crippen LogP contribution is -2.13. The van der Waals surface area contributed by atoms with Gasteiger partial charge in [-0.1, -0.05) is 49.7 Å². The van der Waals surface area contributed by atoms with Crippen LogP contribution in [0, 0.1) is 10.1 Å². The molecule has 1 heterocycles. The van der Waals surface area contributed by atoms with E-state index in [1.807, 2.05) is 17.5 Å². The van der Waals surface area contributed by atoms with Gasteiger partial charge in [0, 0.05) is 22.0 Å². The lowest BCUT2D eigenvalue weighted by molar-refractivity contribution is -0.385. The zero-order chi connectivity index (χ0) is 20.3. The van der Waals surface area contributed by atoms with Crippen molar-refractivity contribution in [2.45, 2.75) is 26.2 Å². The summed E-state index contributed by atoms with van der Waals surface area (Å²) < 4.78 is 0. The standard InChI is InChI=1S/C20H18ClN3O3S/c1-3-12(2)13-4-6-14(7-5-13)17-11-28-20(22-17)23-19(25)16-9-8-15(21)10-18(16)24(26)27/h4-12H,3H2,1-2H3,(H,22,23,25)/t12-/m1/s1. The minimum atomic E-state index is -0.632. The topological polar surface area (TPSA) is 85.1 Å². The largest absolute Gasteiger partial charge is 0.298 e. The highest BCUT2D eigenvalue weighted by Crippen LogP contribution is 2.29. The number of thiazole rings is 1. The smallest absolute Gasteiger partial charge is 0.283 e. The van der Waals surface area contributed by atoms with E-state index in [4.69, 9.17) is 11.6 Å². The zero-order valence-electron chi connectivity index (χ0n) is 15.3. The van der Waals surface area contributed by atoms with Crippen molar-refractivity contribution in [1.29, 1.82) is 0 Å². The molecule has 0 aliphatic carbocycles. The SMILES string of the molecule is CC[C@@H](C)c1ccc(-c2csc(NC(=O)c3ccc(Cl)cc3[N+](=O)[O-])n2)cc1. The number of nitrogens with one attached hydrogen (secondary N) is 1. The Morgan fingerprint density at radius 3 is 2.64 bits per heavy atom. The highest BCUT2D eigenvalue weighted by atomic mass is 35.5. The molecule has 0 fully saturated rings. The van der Waals surface area contributed by atoms with Crippen molar-refractivity contribution in [2.75, 3.05) is 5.32 Å². The summed E-state index contributed by atoms with van der Waals surface area (Å²) in [5.41, 5.74) is 2.54. The van der Waals surface area contributed by atoms with E-state index in [0.29, 0.717) is 11.0 Å². The van der Waals surface area contributed by atoms with E-state index >= 15 is 0 Å². The molecule has 0 unspecified atom stereocenters. The molecule has 28 heavy (non-hydrogen) atoms. The fraction of sp³-hybridized carbons (Fsp3) is 0.200. The van der Waals surface area contributed by atoms with Gasteiger partial charge in [-0.05, 0) is 30.0 Å². The van der Waals surface area contributed by atoms with Gasteiger partial charge >= 0.3 is 0 Å². The van der Waals surface area contributed by atoms with E-state index < -0.39 is 10.8 Å². The van der Waals surface area contributed by atoms with Gasteiger partial charge in [-0.2, -0.15) is 0 Å². The van der Waals surface area contributed by atoms with Crippen LogP contribution >= 0.6 is 22.9 Å². The van der Waals surface area contributed by atoms with Crippen molar-refractivity contribution in [2.24, 2.45) is 0 Å². The number of nitrogens with zero attached hydrogens (tertiary/aromatic N) is 2. The van der Waals surface area contributed by atoms with Crippen molar-refractivity contribution in [3.8, 4) is 11.3 Å². The van der Waals surface area contributed by atoms with Crippen LogP contribution in [0.2, 0.25) is 5.02 Å². The number of hydrogen-bond acceptors (Lipinski definition) is 5. The second-order valence-electron chi connectivity index (χ2n) is 6.34. The summed E-state index contributed by atoms with van der Waals surface area (Å²) in [7, 11) is 0. The second-order valence-corrected chi connectivity index (χ2v) is 7.64. The van der Waals surface area contributed by atoms with Crippen LogP contribution in [-0.2, 0) is 0 Å². The molecule has 0 saturated heterocycles. The molecule has 6 nitrogen and oxygen atoms in total. The van der Waals surface area contributed by atoms with Crippen LogP contribution in [0.3, 0.4) is 0 Å². The van der Waals surface area contributed by atoms with Crippen LogP contribution in [0.5, 0.6) is 0 Å². The Hall–Kier alpha value is -2.77. The Labute approximate surface area is 171 Å². The Kier molecular flexibility index (Phi) is 6.06. The molecule has 1 N–H and O–H groups in total. The summed E-state index contributed by atoms with van der Waals surface area (Å²) in [6.45, 7) is 4.33. The van der Waals surface area contributed by atoms with Gasteiger partial charge in [-0.15, -0.1) is 11.3 Å². The average molecular weight is 416 g/mol. The highest BCUT2D eigenvalue weighted by Gasteiger charge is 2.21. The Morgan fingerprint density at radius 2 is 2.00 bits per heavy atom. The molecule has 144 valence electrons. The predicted octanol–water partition coefficient (Wildman–Crippen LogP) is 6.14. The summed E-state index contributed by atoms with van der Waals surface area (Å²) in [4.78, 5) is 27.4. The minimum Gasteiger partial charge on any atom is -0.298 e. The molecule has 8 heteroatoms. The molecule has 0 aliphatic rings. The molecule has 0 saturated carbocycles. The third-order valence-electron chi connectivity index (χ3n) is 4.51. The molecule has 0 radical (unpaired) electrons. The Morgan fingerprint density at radius 1 is 1.29 bits per heavy atom. The van der Waals surface area contributed by atoms with Crippen molar-refractivity contribution in [1.82, 2.24) is 4.98 Å². The summed E-state index contributed by atoms with van der Waals surface area (Å²) in [6, 6.07) is 12.1. The van der Waals surface area contributed by atoms with Gasteiger partial charge in [0.2, 0.25) is 0 Å².